The van der Waals surface area contributed by atoms with Crippen molar-refractivity contribution in [3.8, 4) is 0 Å². The fourth-order valence-corrected chi connectivity index (χ4v) is 3.11. The maximum Gasteiger partial charge on any atom is 0.0113 e. The fraction of sp³-hybridized carbons (Fsp3) is 1.00. The molecule has 0 amide bonds. The molecule has 0 aromatic heterocycles. The summed E-state index contributed by atoms with van der Waals surface area (Å²) in [6.07, 6.45) is 8.66. The van der Waals surface area contributed by atoms with Crippen molar-refractivity contribution in [2.75, 3.05) is 32.7 Å². The van der Waals surface area contributed by atoms with E-state index in [2.05, 4.69) is 16.7 Å². The third-order valence-electron chi connectivity index (χ3n) is 4.04. The van der Waals surface area contributed by atoms with Crippen LogP contribution < -0.4 is 0 Å². The SMILES string of the molecule is CC.CCCN1CCN(C2CCCCC2)CC1. The van der Waals surface area contributed by atoms with E-state index in [9.17, 15) is 0 Å². The zero-order valence-electron chi connectivity index (χ0n) is 12.2. The van der Waals surface area contributed by atoms with E-state index < -0.39 is 0 Å². The maximum absolute atomic E-state index is 2.76. The molecule has 17 heavy (non-hydrogen) atoms. The first-order valence-electron chi connectivity index (χ1n) is 7.86. The molecule has 1 heterocycles. The Morgan fingerprint density at radius 1 is 0.882 bits per heavy atom. The van der Waals surface area contributed by atoms with Crippen LogP contribution in [0.5, 0.6) is 0 Å². The first kappa shape index (κ1) is 15.0. The van der Waals surface area contributed by atoms with E-state index in [0.717, 1.165) is 6.04 Å². The molecule has 2 nitrogen and oxygen atoms in total. The molecule has 0 N–H and O–H groups in total. The normalized spacial score (nSPS) is 24.2. The summed E-state index contributed by atoms with van der Waals surface area (Å²) < 4.78 is 0. The lowest BCUT2D eigenvalue weighted by atomic mass is 9.94. The molecular weight excluding hydrogens is 208 g/mol. The summed E-state index contributed by atoms with van der Waals surface area (Å²) in [4.78, 5) is 5.38. The van der Waals surface area contributed by atoms with Crippen molar-refractivity contribution in [2.45, 2.75) is 65.3 Å². The van der Waals surface area contributed by atoms with Crippen LogP contribution in [0.2, 0.25) is 0 Å². The maximum atomic E-state index is 2.76. The number of piperazine rings is 1. The van der Waals surface area contributed by atoms with Crippen molar-refractivity contribution in [3.05, 3.63) is 0 Å². The van der Waals surface area contributed by atoms with Crippen molar-refractivity contribution >= 4 is 0 Å². The Labute approximate surface area is 108 Å². The minimum Gasteiger partial charge on any atom is -0.301 e. The van der Waals surface area contributed by atoms with Gasteiger partial charge < -0.3 is 4.90 Å². The minimum atomic E-state index is 0.933. The summed E-state index contributed by atoms with van der Waals surface area (Å²) in [6, 6.07) is 0.933. The second-order valence-corrected chi connectivity index (χ2v) is 5.17. The van der Waals surface area contributed by atoms with E-state index in [1.807, 2.05) is 13.8 Å². The van der Waals surface area contributed by atoms with Crippen molar-refractivity contribution in [1.29, 1.82) is 0 Å². The van der Waals surface area contributed by atoms with Gasteiger partial charge in [-0.2, -0.15) is 0 Å². The van der Waals surface area contributed by atoms with Crippen molar-refractivity contribution in [3.63, 3.8) is 0 Å². The minimum absolute atomic E-state index is 0.933. The molecule has 0 atom stereocenters. The van der Waals surface area contributed by atoms with Gasteiger partial charge in [-0.1, -0.05) is 40.0 Å². The van der Waals surface area contributed by atoms with Crippen LogP contribution in [0.4, 0.5) is 0 Å². The highest BCUT2D eigenvalue weighted by Crippen LogP contribution is 2.23. The highest BCUT2D eigenvalue weighted by molar-refractivity contribution is 4.80. The second-order valence-electron chi connectivity index (χ2n) is 5.17. The van der Waals surface area contributed by atoms with Crippen LogP contribution in [0, 0.1) is 0 Å². The lowest BCUT2D eigenvalue weighted by molar-refractivity contribution is 0.0791. The summed E-state index contributed by atoms with van der Waals surface area (Å²) in [7, 11) is 0. The topological polar surface area (TPSA) is 6.48 Å². The van der Waals surface area contributed by atoms with Gasteiger partial charge in [-0.25, -0.2) is 0 Å². The molecule has 1 aliphatic heterocycles. The molecule has 2 heteroatoms. The standard InChI is InChI=1S/C13H26N2.C2H6/c1-2-8-14-9-11-15(12-10-14)13-6-4-3-5-7-13;1-2/h13H,2-12H2,1H3;1-2H3. The van der Waals surface area contributed by atoms with Gasteiger partial charge >= 0.3 is 0 Å². The van der Waals surface area contributed by atoms with Crippen LogP contribution in [-0.4, -0.2) is 48.6 Å². The van der Waals surface area contributed by atoms with Gasteiger partial charge in [-0.15, -0.1) is 0 Å². The molecule has 1 saturated heterocycles. The second kappa shape index (κ2) is 8.93. The van der Waals surface area contributed by atoms with Crippen LogP contribution >= 0.6 is 0 Å². The van der Waals surface area contributed by atoms with E-state index in [4.69, 9.17) is 0 Å². The molecule has 0 radical (unpaired) electrons. The molecule has 1 aliphatic carbocycles. The molecule has 2 rings (SSSR count). The molecule has 1 saturated carbocycles. The van der Waals surface area contributed by atoms with Crippen LogP contribution in [0.1, 0.15) is 59.3 Å². The highest BCUT2D eigenvalue weighted by Gasteiger charge is 2.24. The Balaban J connectivity index is 0.000000686. The van der Waals surface area contributed by atoms with E-state index in [1.165, 1.54) is 71.2 Å². The van der Waals surface area contributed by atoms with Gasteiger partial charge in [0.25, 0.3) is 0 Å². The average Bonchev–Trinajstić information content (AvgIpc) is 2.43. The lowest BCUT2D eigenvalue weighted by Crippen LogP contribution is -2.50. The Morgan fingerprint density at radius 3 is 2.00 bits per heavy atom. The van der Waals surface area contributed by atoms with E-state index in [1.54, 1.807) is 0 Å². The lowest BCUT2D eigenvalue weighted by Gasteiger charge is -2.40. The molecule has 0 spiro atoms. The molecule has 0 unspecified atom stereocenters. The summed E-state index contributed by atoms with van der Waals surface area (Å²) in [5, 5.41) is 0. The van der Waals surface area contributed by atoms with E-state index in [-0.39, 0.29) is 0 Å². The third-order valence-corrected chi connectivity index (χ3v) is 4.04. The Hall–Kier alpha value is -0.0800. The molecule has 0 bridgehead atoms. The van der Waals surface area contributed by atoms with Crippen molar-refractivity contribution in [2.24, 2.45) is 0 Å². The molecule has 2 fully saturated rings. The molecule has 2 aliphatic rings. The number of nitrogens with zero attached hydrogens (tertiary/aromatic N) is 2. The number of rotatable bonds is 3. The Bertz CT molecular complexity index is 168. The van der Waals surface area contributed by atoms with Crippen molar-refractivity contribution < 1.29 is 0 Å². The molecular formula is C15H32N2. The van der Waals surface area contributed by atoms with Gasteiger partial charge in [0.05, 0.1) is 0 Å². The van der Waals surface area contributed by atoms with Gasteiger partial charge in [-0.05, 0) is 25.8 Å². The van der Waals surface area contributed by atoms with Crippen LogP contribution in [0.25, 0.3) is 0 Å². The zero-order chi connectivity index (χ0) is 12.5. The largest absolute Gasteiger partial charge is 0.301 e. The number of hydrogen-bond donors (Lipinski definition) is 0. The molecule has 0 aromatic carbocycles. The zero-order valence-corrected chi connectivity index (χ0v) is 12.2. The predicted molar refractivity (Wildman–Crippen MR) is 76.5 cm³/mol. The van der Waals surface area contributed by atoms with Crippen LogP contribution in [0.3, 0.4) is 0 Å². The van der Waals surface area contributed by atoms with Crippen LogP contribution in [-0.2, 0) is 0 Å². The quantitative estimate of drug-likeness (QED) is 0.746. The summed E-state index contributed by atoms with van der Waals surface area (Å²) in [5.41, 5.74) is 0. The Morgan fingerprint density at radius 2 is 1.47 bits per heavy atom. The highest BCUT2D eigenvalue weighted by atomic mass is 15.3. The summed E-state index contributed by atoms with van der Waals surface area (Å²) in [6.45, 7) is 12.9. The van der Waals surface area contributed by atoms with Gasteiger partial charge in [0.15, 0.2) is 0 Å². The Kier molecular flexibility index (Phi) is 7.87. The smallest absolute Gasteiger partial charge is 0.0113 e. The first-order chi connectivity index (χ1) is 8.40. The van der Waals surface area contributed by atoms with Gasteiger partial charge in [0, 0.05) is 32.2 Å². The van der Waals surface area contributed by atoms with Gasteiger partial charge in [0.1, 0.15) is 0 Å². The summed E-state index contributed by atoms with van der Waals surface area (Å²) in [5.74, 6) is 0. The third kappa shape index (κ3) is 4.97. The number of hydrogen-bond acceptors (Lipinski definition) is 2. The molecule has 102 valence electrons. The first-order valence-corrected chi connectivity index (χ1v) is 7.86. The monoisotopic (exact) mass is 240 g/mol. The summed E-state index contributed by atoms with van der Waals surface area (Å²) >= 11 is 0. The van der Waals surface area contributed by atoms with Crippen LogP contribution in [0.15, 0.2) is 0 Å². The fourth-order valence-electron chi connectivity index (χ4n) is 3.11. The molecule has 0 aromatic rings. The van der Waals surface area contributed by atoms with E-state index in [0.29, 0.717) is 0 Å². The van der Waals surface area contributed by atoms with Crippen molar-refractivity contribution in [1.82, 2.24) is 9.80 Å². The van der Waals surface area contributed by atoms with Gasteiger partial charge in [0.2, 0.25) is 0 Å². The average molecular weight is 240 g/mol. The predicted octanol–water partition coefficient (Wildman–Crippen LogP) is 3.37. The van der Waals surface area contributed by atoms with E-state index >= 15 is 0 Å². The van der Waals surface area contributed by atoms with Gasteiger partial charge in [-0.3, -0.25) is 4.90 Å².